The van der Waals surface area contributed by atoms with Crippen LogP contribution in [0.4, 0.5) is 79.0 Å². The van der Waals surface area contributed by atoms with E-state index in [0.29, 0.717) is 60.7 Å². The van der Waals surface area contributed by atoms with Crippen LogP contribution in [0, 0.1) is 48.8 Å². The first kappa shape index (κ1) is 69.7. The van der Waals surface area contributed by atoms with Gasteiger partial charge in [-0.15, -0.1) is 0 Å². The third-order valence-corrected chi connectivity index (χ3v) is 14.2. The van der Waals surface area contributed by atoms with Gasteiger partial charge in [-0.25, -0.2) is 44.9 Å². The van der Waals surface area contributed by atoms with E-state index in [9.17, 15) is 79.0 Å². The van der Waals surface area contributed by atoms with Crippen LogP contribution in [0.3, 0.4) is 0 Å². The first-order chi connectivity index (χ1) is 45.4. The predicted molar refractivity (Wildman–Crippen MR) is 306 cm³/mol. The zero-order valence-corrected chi connectivity index (χ0v) is 50.0. The van der Waals surface area contributed by atoms with Crippen molar-refractivity contribution >= 4 is 135 Å². The number of nitrogens with zero attached hydrogens (tertiary/aromatic N) is 16. The van der Waals surface area contributed by atoms with Crippen LogP contribution in [0.5, 0.6) is 0 Å². The molecule has 0 N–H and O–H groups in total. The van der Waals surface area contributed by atoms with Crippen LogP contribution in [-0.2, 0) is 24.7 Å². The van der Waals surface area contributed by atoms with Crippen LogP contribution < -0.4 is 0 Å². The van der Waals surface area contributed by atoms with Gasteiger partial charge in [0.25, 0.3) is 0 Å². The lowest BCUT2D eigenvalue weighted by Crippen LogP contribution is -2.07. The van der Waals surface area contributed by atoms with Crippen LogP contribution in [0.1, 0.15) is 33.4 Å². The summed E-state index contributed by atoms with van der Waals surface area (Å²) in [6, 6.07) is 23.4. The van der Waals surface area contributed by atoms with Gasteiger partial charge in [-0.3, -0.25) is 0 Å². The molecule has 0 aliphatic rings. The lowest BCUT2D eigenvalue weighted by Gasteiger charge is -2.08. The van der Waals surface area contributed by atoms with Gasteiger partial charge >= 0.3 is 24.7 Å². The normalized spacial score (nSPS) is 11.5. The molecular weight excluding hydrogens is 1410 g/mol. The molecule has 0 aliphatic heterocycles. The summed E-state index contributed by atoms with van der Waals surface area (Å²) in [5.41, 5.74) is 3.58. The number of aryl methyl sites for hydroxylation is 2. The molecule has 0 saturated heterocycles. The lowest BCUT2D eigenvalue weighted by atomic mass is 10.1. The molecule has 16 aromatic rings. The third-order valence-electron chi connectivity index (χ3n) is 12.0. The number of fused-ring (bicyclic) bond motifs is 8. The molecule has 8 aromatic heterocycles. The van der Waals surface area contributed by atoms with Gasteiger partial charge in [0, 0.05) is 36.4 Å². The van der Waals surface area contributed by atoms with Gasteiger partial charge in [0.1, 0.15) is 99.9 Å². The van der Waals surface area contributed by atoms with E-state index in [2.05, 4.69) is 94.8 Å². The van der Waals surface area contributed by atoms with Gasteiger partial charge in [0.2, 0.25) is 0 Å². The summed E-state index contributed by atoms with van der Waals surface area (Å²) >= 11 is 3.85. The van der Waals surface area contributed by atoms with Crippen molar-refractivity contribution in [3.63, 3.8) is 0 Å². The molecule has 0 amide bonds. The summed E-state index contributed by atoms with van der Waals surface area (Å²) in [5.74, 6) is -4.26. The Morgan fingerprint density at radius 3 is 0.896 bits per heavy atom. The number of rotatable bonds is 0. The maximum atomic E-state index is 12.5. The third kappa shape index (κ3) is 18.0. The van der Waals surface area contributed by atoms with Crippen molar-refractivity contribution in [1.82, 2.24) is 76.2 Å². The topological polar surface area (TPSA) is 259 Å². The van der Waals surface area contributed by atoms with Gasteiger partial charge in [0.05, 0.1) is 69.2 Å². The van der Waals surface area contributed by atoms with Crippen molar-refractivity contribution in [1.29, 1.82) is 0 Å². The monoisotopic (exact) mass is 1430 g/mol. The SMILES string of the molecule is Cc1cc2nonc2cc1C(F)(F)F.Cc1cc2nsnc2cc1C(F)(F)F.FC(F)(F)c1ccc2nonc2c1.FC(F)(F)c1ccc2nsnc2c1.Fc1cc2nonc2cc1F.Fc1cc2nsnc2cc1F.Fc1ccc2nonc2c1.Fc1ccc2nsnc2c1. The summed E-state index contributed by atoms with van der Waals surface area (Å²) in [7, 11) is 0. The number of alkyl halides is 12. The number of aromatic nitrogens is 16. The van der Waals surface area contributed by atoms with E-state index in [-0.39, 0.29) is 44.8 Å². The minimum Gasteiger partial charge on any atom is -0.243 e. The fourth-order valence-electron chi connectivity index (χ4n) is 7.47. The minimum atomic E-state index is -4.36. The second-order valence-electron chi connectivity index (χ2n) is 18.6. The summed E-state index contributed by atoms with van der Waals surface area (Å²) < 4.78 is 270. The summed E-state index contributed by atoms with van der Waals surface area (Å²) in [4.78, 5) is 0. The van der Waals surface area contributed by atoms with Crippen molar-refractivity contribution in [3.05, 3.63) is 190 Å². The Morgan fingerprint density at radius 2 is 0.490 bits per heavy atom. The summed E-state index contributed by atoms with van der Waals surface area (Å²) in [5, 5.41) is 27.1. The first-order valence-electron chi connectivity index (χ1n) is 25.5. The van der Waals surface area contributed by atoms with E-state index in [1.165, 1.54) is 68.4 Å². The zero-order valence-electron chi connectivity index (χ0n) is 46.8. The number of hydrogen-bond acceptors (Lipinski definition) is 24. The Balaban J connectivity index is 0.000000129. The molecule has 496 valence electrons. The number of benzene rings is 8. The van der Waals surface area contributed by atoms with Crippen molar-refractivity contribution in [3.8, 4) is 0 Å². The van der Waals surface area contributed by atoms with Gasteiger partial charge in [-0.1, -0.05) is 0 Å². The largest absolute Gasteiger partial charge is 0.416 e. The molecular formula is C54H26F18N16O4S4. The fourth-order valence-corrected chi connectivity index (χ4v) is 9.52. The summed E-state index contributed by atoms with van der Waals surface area (Å²) in [6.45, 7) is 2.79. The molecule has 8 aromatic carbocycles. The minimum absolute atomic E-state index is 0.106. The second kappa shape index (κ2) is 29.3. The highest BCUT2D eigenvalue weighted by atomic mass is 32.1. The quantitative estimate of drug-likeness (QED) is 0.128. The molecule has 96 heavy (non-hydrogen) atoms. The maximum Gasteiger partial charge on any atom is 0.416 e. The smallest absolute Gasteiger partial charge is 0.243 e. The second-order valence-corrected chi connectivity index (χ2v) is 20.7. The zero-order chi connectivity index (χ0) is 69.3. The van der Waals surface area contributed by atoms with Crippen LogP contribution in [-0.4, -0.2) is 76.2 Å². The van der Waals surface area contributed by atoms with Gasteiger partial charge in [-0.2, -0.15) is 87.7 Å². The molecule has 16 rings (SSSR count). The van der Waals surface area contributed by atoms with E-state index in [0.717, 1.165) is 113 Å². The standard InChI is InChI=1S/C8H5F3N2O.C8H5F3N2S.C7H3F3N2O.C7H3F3N2S.C6H2F2N2O.C6H2F2N2S.C6H3FN2O.C6H3FN2S/c2*1-4-2-6-7(13-14-12-6)3-5(4)8(9,10)11;2*8-7(9,10)4-1-2-5-6(3-4)12-13-11-5;2*7-3-1-5-6(2-4(3)8)10-11-9-5;2*7-4-1-2-5-6(3-4)9-10-8-5/h2*2-3H,1H3;2*1-3H;2*1-2H;2*1-3H. The molecule has 0 spiro atoms. The molecule has 0 radical (unpaired) electrons. The Bertz CT molecular complexity index is 4880. The lowest BCUT2D eigenvalue weighted by molar-refractivity contribution is -0.138. The van der Waals surface area contributed by atoms with Crippen LogP contribution in [0.15, 0.2) is 140 Å². The highest BCUT2D eigenvalue weighted by molar-refractivity contribution is 7.00. The molecule has 0 fully saturated rings. The molecule has 0 atom stereocenters. The average molecular weight is 1430 g/mol. The van der Waals surface area contributed by atoms with E-state index in [4.69, 9.17) is 0 Å². The van der Waals surface area contributed by atoms with E-state index >= 15 is 0 Å². The van der Waals surface area contributed by atoms with Crippen molar-refractivity contribution in [2.75, 3.05) is 0 Å². The van der Waals surface area contributed by atoms with Crippen molar-refractivity contribution in [2.24, 2.45) is 0 Å². The fraction of sp³-hybridized carbons (Fsp3) is 0.111. The highest BCUT2D eigenvalue weighted by Gasteiger charge is 2.35. The number of hydrogen-bond donors (Lipinski definition) is 0. The molecule has 8 heterocycles. The Kier molecular flexibility index (Phi) is 21.3. The Morgan fingerprint density at radius 1 is 0.250 bits per heavy atom. The highest BCUT2D eigenvalue weighted by Crippen LogP contribution is 2.36. The number of halogens is 18. The van der Waals surface area contributed by atoms with Crippen LogP contribution >= 0.6 is 46.9 Å². The van der Waals surface area contributed by atoms with E-state index in [1.807, 2.05) is 0 Å². The Labute approximate surface area is 534 Å². The van der Waals surface area contributed by atoms with E-state index < -0.39 is 70.2 Å². The molecule has 20 nitrogen and oxygen atoms in total. The molecule has 0 unspecified atom stereocenters. The maximum absolute atomic E-state index is 12.5. The van der Waals surface area contributed by atoms with Crippen molar-refractivity contribution in [2.45, 2.75) is 38.6 Å². The molecule has 0 bridgehead atoms. The molecule has 42 heteroatoms. The Hall–Kier alpha value is -10.6. The molecule has 0 saturated carbocycles. The van der Waals surface area contributed by atoms with E-state index in [1.54, 1.807) is 6.07 Å². The predicted octanol–water partition coefficient (Wildman–Crippen LogP) is 17.2. The van der Waals surface area contributed by atoms with Gasteiger partial charge in [0.15, 0.2) is 23.3 Å². The molecule has 0 aliphatic carbocycles. The first-order valence-corrected chi connectivity index (χ1v) is 28.4. The summed E-state index contributed by atoms with van der Waals surface area (Å²) in [6.07, 6.45) is -17.3. The van der Waals surface area contributed by atoms with Crippen LogP contribution in [0.2, 0.25) is 0 Å². The van der Waals surface area contributed by atoms with Gasteiger partial charge < -0.3 is 0 Å². The average Bonchev–Trinajstić information content (AvgIpc) is 1.85. The van der Waals surface area contributed by atoms with Gasteiger partial charge in [-0.05, 0) is 151 Å². The van der Waals surface area contributed by atoms with Crippen molar-refractivity contribution < 1.29 is 97.5 Å². The van der Waals surface area contributed by atoms with Crippen LogP contribution in [0.25, 0.3) is 88.3 Å².